The maximum Gasteiger partial charge on any atom is 0.328 e. The third kappa shape index (κ3) is 4.34. The largest absolute Gasteiger partial charge is 0.478 e. The molecule has 3 aromatic heterocycles. The Bertz CT molecular complexity index is 1870. The molecule has 0 radical (unpaired) electrons. The summed E-state index contributed by atoms with van der Waals surface area (Å²) in [6.45, 7) is 0. The Morgan fingerprint density at radius 3 is 2.55 bits per heavy atom. The van der Waals surface area contributed by atoms with Gasteiger partial charge in [-0.3, -0.25) is 4.79 Å². The summed E-state index contributed by atoms with van der Waals surface area (Å²) in [4.78, 5) is 34.4. The van der Waals surface area contributed by atoms with Gasteiger partial charge in [0.15, 0.2) is 0 Å². The second-order valence-corrected chi connectivity index (χ2v) is 12.6. The van der Waals surface area contributed by atoms with Crippen LogP contribution in [0.2, 0.25) is 0 Å². The van der Waals surface area contributed by atoms with E-state index < -0.39 is 11.5 Å². The SMILES string of the molecule is Cn1c(C2(NC(=O)c3ccc4c(C5CCCC5)c(-c5nccs5)n(C)c4c3)CCC2)nc2ccc(/C=C/C(=O)O)cc21. The summed E-state index contributed by atoms with van der Waals surface area (Å²) in [5, 5.41) is 16.6. The third-order valence-electron chi connectivity index (χ3n) is 9.21. The zero-order valence-corrected chi connectivity index (χ0v) is 24.6. The van der Waals surface area contributed by atoms with E-state index in [1.165, 1.54) is 42.3 Å². The number of fused-ring (bicyclic) bond motifs is 2. The molecule has 1 amide bonds. The van der Waals surface area contributed by atoms with E-state index in [1.54, 1.807) is 17.4 Å². The van der Waals surface area contributed by atoms with Gasteiger partial charge in [0, 0.05) is 48.2 Å². The second kappa shape index (κ2) is 10.2. The molecule has 2 aromatic carbocycles. The summed E-state index contributed by atoms with van der Waals surface area (Å²) < 4.78 is 4.25. The molecule has 8 nitrogen and oxygen atoms in total. The minimum absolute atomic E-state index is 0.104. The number of nitrogens with one attached hydrogen (secondary N) is 1. The number of amides is 1. The van der Waals surface area contributed by atoms with Crippen LogP contribution < -0.4 is 5.32 Å². The van der Waals surface area contributed by atoms with E-state index >= 15 is 0 Å². The van der Waals surface area contributed by atoms with E-state index in [2.05, 4.69) is 28.0 Å². The van der Waals surface area contributed by atoms with Crippen LogP contribution >= 0.6 is 11.3 Å². The van der Waals surface area contributed by atoms with Crippen molar-refractivity contribution in [1.29, 1.82) is 0 Å². The lowest BCUT2D eigenvalue weighted by atomic mass is 9.75. The molecule has 0 unspecified atom stereocenters. The minimum atomic E-state index is -0.986. The Kier molecular flexibility index (Phi) is 6.50. The molecule has 5 aromatic rings. The molecule has 7 rings (SSSR count). The number of aliphatic carboxylic acids is 1. The Morgan fingerprint density at radius 2 is 1.86 bits per heavy atom. The number of aryl methyl sites for hydroxylation is 2. The Hall–Kier alpha value is -4.24. The number of imidazole rings is 1. The zero-order valence-electron chi connectivity index (χ0n) is 23.8. The molecule has 2 saturated carbocycles. The molecule has 0 spiro atoms. The van der Waals surface area contributed by atoms with Gasteiger partial charge in [-0.25, -0.2) is 14.8 Å². The fourth-order valence-electron chi connectivity index (χ4n) is 6.96. The van der Waals surface area contributed by atoms with Crippen molar-refractivity contribution < 1.29 is 14.7 Å². The number of carboxylic acid groups (broad SMARTS) is 1. The third-order valence-corrected chi connectivity index (χ3v) is 9.99. The van der Waals surface area contributed by atoms with Gasteiger partial charge in [0.05, 0.1) is 22.3 Å². The van der Waals surface area contributed by atoms with E-state index in [4.69, 9.17) is 10.1 Å². The number of thiazole rings is 1. The van der Waals surface area contributed by atoms with Crippen LogP contribution in [0.3, 0.4) is 0 Å². The zero-order chi connectivity index (χ0) is 29.0. The van der Waals surface area contributed by atoms with Crippen LogP contribution in [0.1, 0.15) is 78.2 Å². The maximum atomic E-state index is 13.9. The monoisotopic (exact) mass is 579 g/mol. The van der Waals surface area contributed by atoms with Crippen molar-refractivity contribution in [3.63, 3.8) is 0 Å². The highest BCUT2D eigenvalue weighted by Crippen LogP contribution is 2.45. The lowest BCUT2D eigenvalue weighted by molar-refractivity contribution is -0.131. The Morgan fingerprint density at radius 1 is 1.05 bits per heavy atom. The van der Waals surface area contributed by atoms with E-state index in [-0.39, 0.29) is 5.91 Å². The fourth-order valence-corrected chi connectivity index (χ4v) is 7.69. The molecular weight excluding hydrogens is 546 g/mol. The number of benzene rings is 2. The molecule has 2 fully saturated rings. The Labute approximate surface area is 247 Å². The maximum absolute atomic E-state index is 13.9. The van der Waals surface area contributed by atoms with Gasteiger partial charge in [-0.05, 0) is 79.5 Å². The summed E-state index contributed by atoms with van der Waals surface area (Å²) in [5.74, 6) is 0.252. The van der Waals surface area contributed by atoms with Crippen LogP contribution in [-0.4, -0.2) is 36.1 Å². The van der Waals surface area contributed by atoms with Crippen molar-refractivity contribution in [3.8, 4) is 10.7 Å². The minimum Gasteiger partial charge on any atom is -0.478 e. The summed E-state index contributed by atoms with van der Waals surface area (Å²) in [5.41, 5.74) is 6.21. The second-order valence-electron chi connectivity index (χ2n) is 11.7. The number of rotatable bonds is 7. The molecular formula is C33H33N5O3S. The van der Waals surface area contributed by atoms with Gasteiger partial charge in [0.1, 0.15) is 10.8 Å². The standard InChI is InChI=1S/C33H33N5O3S/c1-37-25-19-22(10-11-23(25)28(21-6-3-4-7-21)29(37)31-34-16-17-42-31)30(41)36-33(14-5-15-33)32-35-24-12-8-20(9-13-27(39)40)18-26(24)38(32)2/h8-13,16-19,21H,3-7,14-15H2,1-2H3,(H,36,41)(H,39,40)/b13-9+. The van der Waals surface area contributed by atoms with Gasteiger partial charge in [-0.1, -0.05) is 25.0 Å². The van der Waals surface area contributed by atoms with Crippen LogP contribution in [0.25, 0.3) is 38.7 Å². The van der Waals surface area contributed by atoms with Gasteiger partial charge in [-0.2, -0.15) is 0 Å². The molecule has 42 heavy (non-hydrogen) atoms. The van der Waals surface area contributed by atoms with Crippen molar-refractivity contribution in [2.75, 3.05) is 0 Å². The fraction of sp³-hybridized carbons (Fsp3) is 0.333. The van der Waals surface area contributed by atoms with Crippen molar-refractivity contribution in [2.24, 2.45) is 14.1 Å². The van der Waals surface area contributed by atoms with Crippen LogP contribution in [0.4, 0.5) is 0 Å². The Balaban J connectivity index is 1.24. The first-order valence-electron chi connectivity index (χ1n) is 14.6. The number of nitrogens with zero attached hydrogens (tertiary/aromatic N) is 4. The molecule has 214 valence electrons. The summed E-state index contributed by atoms with van der Waals surface area (Å²) in [6, 6.07) is 11.8. The predicted octanol–water partition coefficient (Wildman–Crippen LogP) is 6.75. The smallest absolute Gasteiger partial charge is 0.328 e. The molecule has 2 aliphatic rings. The molecule has 0 saturated heterocycles. The van der Waals surface area contributed by atoms with Gasteiger partial charge >= 0.3 is 5.97 Å². The molecule has 0 aliphatic heterocycles. The average Bonchev–Trinajstić information content (AvgIpc) is 3.77. The quantitative estimate of drug-likeness (QED) is 0.208. The van der Waals surface area contributed by atoms with E-state index in [9.17, 15) is 9.59 Å². The molecule has 3 heterocycles. The molecule has 2 N–H and O–H groups in total. The number of hydrogen-bond acceptors (Lipinski definition) is 5. The number of carboxylic acids is 1. The molecule has 0 bridgehead atoms. The number of carbonyl (C=O) groups is 2. The lowest BCUT2D eigenvalue weighted by Crippen LogP contribution is -2.52. The van der Waals surface area contributed by atoms with Crippen LogP contribution in [0.15, 0.2) is 54.1 Å². The first-order chi connectivity index (χ1) is 20.3. The van der Waals surface area contributed by atoms with Crippen molar-refractivity contribution >= 4 is 51.2 Å². The van der Waals surface area contributed by atoms with Gasteiger partial charge < -0.3 is 19.6 Å². The highest BCUT2D eigenvalue weighted by molar-refractivity contribution is 7.13. The van der Waals surface area contributed by atoms with Gasteiger partial charge in [0.2, 0.25) is 0 Å². The summed E-state index contributed by atoms with van der Waals surface area (Å²) in [7, 11) is 4.05. The predicted molar refractivity (Wildman–Crippen MR) is 166 cm³/mol. The first kappa shape index (κ1) is 26.6. The normalized spacial score (nSPS) is 16.9. The van der Waals surface area contributed by atoms with E-state index in [1.807, 2.05) is 53.5 Å². The number of aromatic nitrogens is 4. The molecule has 0 atom stereocenters. The van der Waals surface area contributed by atoms with Crippen LogP contribution in [0, 0.1) is 0 Å². The molecule has 2 aliphatic carbocycles. The summed E-state index contributed by atoms with van der Waals surface area (Å²) >= 11 is 1.66. The highest BCUT2D eigenvalue weighted by atomic mass is 32.1. The van der Waals surface area contributed by atoms with Gasteiger partial charge in [0.25, 0.3) is 5.91 Å². The highest BCUT2D eigenvalue weighted by Gasteiger charge is 2.44. The topological polar surface area (TPSA) is 102 Å². The van der Waals surface area contributed by atoms with Crippen molar-refractivity contribution in [2.45, 2.75) is 56.4 Å². The van der Waals surface area contributed by atoms with Crippen molar-refractivity contribution in [1.82, 2.24) is 24.4 Å². The van der Waals surface area contributed by atoms with E-state index in [0.717, 1.165) is 58.3 Å². The molecule has 9 heteroatoms. The van der Waals surface area contributed by atoms with Gasteiger partial charge in [-0.15, -0.1) is 11.3 Å². The number of carbonyl (C=O) groups excluding carboxylic acids is 1. The number of hydrogen-bond donors (Lipinski definition) is 2. The van der Waals surface area contributed by atoms with Crippen LogP contribution in [0.5, 0.6) is 0 Å². The average molecular weight is 580 g/mol. The summed E-state index contributed by atoms with van der Waals surface area (Å²) in [6.07, 6.45) is 12.1. The van der Waals surface area contributed by atoms with Crippen molar-refractivity contribution in [3.05, 3.63) is 76.6 Å². The first-order valence-corrected chi connectivity index (χ1v) is 15.5. The van der Waals surface area contributed by atoms with Crippen LogP contribution in [-0.2, 0) is 24.4 Å². The van der Waals surface area contributed by atoms with E-state index in [0.29, 0.717) is 11.5 Å². The lowest BCUT2D eigenvalue weighted by Gasteiger charge is -2.41.